The van der Waals surface area contributed by atoms with Gasteiger partial charge in [-0.05, 0) is 69.1 Å². The number of imide groups is 2. The number of guanidine groups is 3. The van der Waals surface area contributed by atoms with Crippen LogP contribution in [0.25, 0.3) is 0 Å². The van der Waals surface area contributed by atoms with Crippen LogP contribution < -0.4 is 49.5 Å². The van der Waals surface area contributed by atoms with Crippen molar-refractivity contribution in [2.24, 2.45) is 40.7 Å². The molecule has 28 heteroatoms. The summed E-state index contributed by atoms with van der Waals surface area (Å²) in [6.45, 7) is 12.4. The molecule has 0 saturated carbocycles. The van der Waals surface area contributed by atoms with Crippen molar-refractivity contribution in [1.29, 1.82) is 16.2 Å². The maximum Gasteiger partial charge on any atom is 0.336 e. The van der Waals surface area contributed by atoms with Crippen molar-refractivity contribution in [3.05, 3.63) is 0 Å². The number of piperidine rings is 1. The first-order valence-electron chi connectivity index (χ1n) is 24.6. The molecule has 0 aliphatic carbocycles. The number of hydrogen-bond donors (Lipinski definition) is 13. The van der Waals surface area contributed by atoms with Gasteiger partial charge in [-0.15, -0.1) is 0 Å². The minimum absolute atomic E-state index is 0.0211. The van der Waals surface area contributed by atoms with E-state index in [4.69, 9.17) is 58.5 Å². The number of fused-ring (bicyclic) bond motifs is 2. The zero-order chi connectivity index (χ0) is 54.6. The number of epoxide rings is 3. The first kappa shape index (κ1) is 59.2. The van der Waals surface area contributed by atoms with Gasteiger partial charge < -0.3 is 68.4 Å². The number of rotatable bonds is 27. The monoisotopic (exact) mass is 1030 g/mol. The number of nitrogens with one attached hydrogen (secondary N) is 8. The van der Waals surface area contributed by atoms with E-state index in [2.05, 4.69) is 26.6 Å². The highest BCUT2D eigenvalue weighted by molar-refractivity contribution is 6.15. The number of Topliss-reactive ketones (excluding diaryl/α,β-unsaturated/α-hetero) is 1. The molecule has 10 atom stereocenters. The third kappa shape index (κ3) is 15.6. The maximum atomic E-state index is 14.3. The van der Waals surface area contributed by atoms with E-state index in [0.29, 0.717) is 64.1 Å². The molecule has 0 bridgehead atoms. The third-order valence-corrected chi connectivity index (χ3v) is 12.3. The highest BCUT2D eigenvalue weighted by Gasteiger charge is 2.69. The number of carbonyl (C=O) groups excluding carboxylic acids is 8. The number of aliphatic carboxylic acids is 1. The molecule has 5 aliphatic rings. The molecule has 0 aromatic rings. The van der Waals surface area contributed by atoms with Gasteiger partial charge in [0.05, 0.1) is 12.1 Å². The van der Waals surface area contributed by atoms with E-state index < -0.39 is 119 Å². The van der Waals surface area contributed by atoms with Crippen molar-refractivity contribution in [3.8, 4) is 0 Å². The number of nitrogens with two attached hydrogens (primary N) is 4. The van der Waals surface area contributed by atoms with Gasteiger partial charge in [0.15, 0.2) is 60.3 Å². The lowest BCUT2D eigenvalue weighted by molar-refractivity contribution is -0.169. The first-order chi connectivity index (χ1) is 34.3. The Morgan fingerprint density at radius 1 is 0.685 bits per heavy atom. The summed E-state index contributed by atoms with van der Waals surface area (Å²) >= 11 is 0. The smallest absolute Gasteiger partial charge is 0.336 e. The fourth-order valence-electron chi connectivity index (χ4n) is 8.78. The fraction of sp³-hybridized carbons (Fsp3) is 0.733. The number of amides is 7. The van der Waals surface area contributed by atoms with E-state index in [1.165, 1.54) is 4.90 Å². The van der Waals surface area contributed by atoms with Crippen LogP contribution in [0.15, 0.2) is 0 Å². The number of unbranched alkanes of at least 4 members (excludes halogenated alkanes) is 2. The second-order valence-electron chi connectivity index (χ2n) is 19.9. The molecule has 5 aliphatic heterocycles. The van der Waals surface area contributed by atoms with Crippen molar-refractivity contribution in [2.75, 3.05) is 32.7 Å². The molecule has 5 fully saturated rings. The molecule has 0 aromatic heterocycles. The Labute approximate surface area is 423 Å². The van der Waals surface area contributed by atoms with Gasteiger partial charge in [0.2, 0.25) is 17.5 Å². The van der Waals surface area contributed by atoms with E-state index >= 15 is 0 Å². The van der Waals surface area contributed by atoms with E-state index in [9.17, 15) is 43.2 Å². The molecule has 0 spiro atoms. The topological polar surface area (TPSA) is 457 Å². The highest BCUT2D eigenvalue weighted by atomic mass is 16.6. The van der Waals surface area contributed by atoms with E-state index in [1.807, 2.05) is 27.7 Å². The van der Waals surface area contributed by atoms with Crippen molar-refractivity contribution >= 4 is 71.0 Å². The summed E-state index contributed by atoms with van der Waals surface area (Å²) in [6, 6.07) is -2.86. The molecule has 408 valence electrons. The van der Waals surface area contributed by atoms with Gasteiger partial charge >= 0.3 is 5.97 Å². The summed E-state index contributed by atoms with van der Waals surface area (Å²) in [7, 11) is 0. The normalized spacial score (nSPS) is 24.0. The van der Waals surface area contributed by atoms with Crippen LogP contribution in [0, 0.1) is 34.0 Å². The van der Waals surface area contributed by atoms with Gasteiger partial charge in [-0.1, -0.05) is 41.5 Å². The second kappa shape index (κ2) is 26.0. The summed E-state index contributed by atoms with van der Waals surface area (Å²) in [4.78, 5) is 118. The Bertz CT molecular complexity index is 2110. The average Bonchev–Trinajstić information content (AvgIpc) is 4.17. The molecule has 0 radical (unpaired) electrons. The first-order valence-corrected chi connectivity index (χ1v) is 24.6. The molecule has 1 unspecified atom stereocenters. The molecule has 5 saturated heterocycles. The Kier molecular flexibility index (Phi) is 21.1. The van der Waals surface area contributed by atoms with E-state index in [-0.39, 0.29) is 56.1 Å². The van der Waals surface area contributed by atoms with Gasteiger partial charge in [-0.25, -0.2) is 9.69 Å². The lowest BCUT2D eigenvalue weighted by Gasteiger charge is -2.48. The van der Waals surface area contributed by atoms with Crippen LogP contribution in [0.4, 0.5) is 0 Å². The summed E-state index contributed by atoms with van der Waals surface area (Å²) in [5.41, 5.74) is 21.2. The Morgan fingerprint density at radius 2 is 1.21 bits per heavy atom. The summed E-state index contributed by atoms with van der Waals surface area (Å²) < 4.78 is 15.2. The van der Waals surface area contributed by atoms with E-state index in [1.54, 1.807) is 13.8 Å². The van der Waals surface area contributed by atoms with Crippen LogP contribution in [0.2, 0.25) is 0 Å². The standard InChI is InChI=1S/C30H48N10O8.C15H27N5O5/c1-14(2)12-16(31)23(42)39-17(18(41)19-20(47-19)24(39)43)8-7-11-38(29(34)35)30(13-15(3)4,40-25(44)21-22(48-21)26(40)45)27(46)36-9-5-6-10-37-28(32)33;1-8(2)7-9(16)12(21)20-15(17)19-6-4-3-5-18-13(22)10-11(25-10)14(23)24/h14-17,19-22H,5-13,31H2,1-4H3,(H3,34,35)(H,36,46)(H4,32,33,37);8-11H,3-7,16H2,1-2H3,(H,18,22)(H,23,24)(H3,17,19,20,21)/t16-,17?,19+,20-,21-,22-,30+;9-,10-,11-/m00/s1. The number of morpholine rings is 1. The van der Waals surface area contributed by atoms with Gasteiger partial charge in [0, 0.05) is 39.1 Å². The number of carboxylic acid groups (broad SMARTS) is 1. The number of ketones is 1. The molecular formula is C45H75N15O13. The van der Waals surface area contributed by atoms with Gasteiger partial charge in [-0.3, -0.25) is 64.8 Å². The van der Waals surface area contributed by atoms with Gasteiger partial charge in [0.1, 0.15) is 6.04 Å². The van der Waals surface area contributed by atoms with Crippen molar-refractivity contribution in [3.63, 3.8) is 0 Å². The lowest BCUT2D eigenvalue weighted by atomic mass is 9.90. The minimum Gasteiger partial charge on any atom is -0.479 e. The number of nitrogens with zero attached hydrogens (tertiary/aromatic N) is 3. The summed E-state index contributed by atoms with van der Waals surface area (Å²) in [6.07, 6.45) is -2.98. The largest absolute Gasteiger partial charge is 0.479 e. The van der Waals surface area contributed by atoms with Gasteiger partial charge in [0.25, 0.3) is 29.5 Å². The average molecular weight is 1030 g/mol. The molecule has 5 heterocycles. The number of likely N-dealkylation sites (tertiary alicyclic amines) is 2. The highest BCUT2D eigenvalue weighted by Crippen LogP contribution is 2.42. The molecule has 7 amide bonds. The molecule has 0 aromatic carbocycles. The quantitative estimate of drug-likeness (QED) is 0.0124. The predicted octanol–water partition coefficient (Wildman–Crippen LogP) is -3.58. The number of carbonyl (C=O) groups is 9. The van der Waals surface area contributed by atoms with Crippen molar-refractivity contribution in [1.82, 2.24) is 41.3 Å². The van der Waals surface area contributed by atoms with Crippen LogP contribution in [0.1, 0.15) is 99.3 Å². The van der Waals surface area contributed by atoms with Crippen LogP contribution >= 0.6 is 0 Å². The third-order valence-electron chi connectivity index (χ3n) is 12.3. The predicted molar refractivity (Wildman–Crippen MR) is 259 cm³/mol. The summed E-state index contributed by atoms with van der Waals surface area (Å²) in [5.74, 6) is -6.77. The van der Waals surface area contributed by atoms with Crippen LogP contribution in [0.5, 0.6) is 0 Å². The molecule has 5 rings (SSSR count). The SMILES string of the molecule is CC(C)C[C@H](N)C(=O)N1C(=O)[C@H]2O[C@@H]2C(=O)C1CCCN(C(=N)N)[C@@](CC(C)C)(C(=O)NCCCCNC(=N)N)N1C(=O)[C@H]2O[C@@H]2C1=O.CC(C)C[C@H](N)C(=O)NC(=N)NCCCCNC(=O)[C@H]1O[C@@H]1C(=O)O. The number of ether oxygens (including phenoxy) is 3. The second-order valence-corrected chi connectivity index (χ2v) is 19.9. The van der Waals surface area contributed by atoms with E-state index in [0.717, 1.165) is 9.80 Å². The van der Waals surface area contributed by atoms with Crippen LogP contribution in [-0.4, -0.2) is 184 Å². The molecular weight excluding hydrogens is 959 g/mol. The Balaban J connectivity index is 0.000000389. The number of hydrogen-bond acceptors (Lipinski definition) is 17. The van der Waals surface area contributed by atoms with Crippen molar-refractivity contribution in [2.45, 2.75) is 160 Å². The molecule has 17 N–H and O–H groups in total. The molecule has 28 nitrogen and oxygen atoms in total. The number of carboxylic acids is 1. The maximum absolute atomic E-state index is 14.3. The van der Waals surface area contributed by atoms with Gasteiger partial charge in [-0.2, -0.15) is 0 Å². The minimum atomic E-state index is -2.06. The zero-order valence-corrected chi connectivity index (χ0v) is 42.3. The fourth-order valence-corrected chi connectivity index (χ4v) is 8.78. The van der Waals surface area contributed by atoms with Crippen molar-refractivity contribution < 1.29 is 62.5 Å². The zero-order valence-electron chi connectivity index (χ0n) is 42.3. The lowest BCUT2D eigenvalue weighted by Crippen LogP contribution is -2.73. The van der Waals surface area contributed by atoms with Crippen LogP contribution in [0.3, 0.4) is 0 Å². The summed E-state index contributed by atoms with van der Waals surface area (Å²) in [5, 5.41) is 45.3. The molecule has 73 heavy (non-hydrogen) atoms. The Morgan fingerprint density at radius 3 is 1.73 bits per heavy atom. The Hall–Kier alpha value is -6.36. The van der Waals surface area contributed by atoms with Crippen LogP contribution in [-0.2, 0) is 57.4 Å².